The molecular weight excluding hydrogens is 156 g/mol. The van der Waals surface area contributed by atoms with Gasteiger partial charge in [0, 0.05) is 26.3 Å². The average Bonchev–Trinajstić information content (AvgIpc) is 2.10. The van der Waals surface area contributed by atoms with E-state index in [-0.39, 0.29) is 0 Å². The van der Waals surface area contributed by atoms with Crippen LogP contribution in [0.5, 0.6) is 0 Å². The minimum Gasteiger partial charge on any atom is -0.380 e. The van der Waals surface area contributed by atoms with Gasteiger partial charge in [-0.15, -0.1) is 0 Å². The first-order chi connectivity index (χ1) is 5.91. The third-order valence-electron chi connectivity index (χ3n) is 1.35. The lowest BCUT2D eigenvalue weighted by atomic mass is 10.3. The minimum atomic E-state index is 0.601. The second kappa shape index (κ2) is 10.8. The highest BCUT2D eigenvalue weighted by Crippen LogP contribution is 1.90. The summed E-state index contributed by atoms with van der Waals surface area (Å²) in [5.74, 6) is 0. The second-order valence-electron chi connectivity index (χ2n) is 2.51. The van der Waals surface area contributed by atoms with Crippen LogP contribution in [0.3, 0.4) is 0 Å². The maximum atomic E-state index is 5.25. The van der Waals surface area contributed by atoms with Gasteiger partial charge in [0.25, 0.3) is 0 Å². The van der Waals surface area contributed by atoms with Crippen LogP contribution in [0, 0.1) is 0 Å². The fourth-order valence-electron chi connectivity index (χ4n) is 0.779. The van der Waals surface area contributed by atoms with Crippen LogP contribution in [0.4, 0.5) is 0 Å². The molecule has 0 aromatic carbocycles. The van der Waals surface area contributed by atoms with E-state index < -0.39 is 0 Å². The Hall–Kier alpha value is -0.160. The first-order valence-corrected chi connectivity index (χ1v) is 4.47. The normalized spacial score (nSPS) is 10.5. The predicted octanol–water partition coefficient (Wildman–Crippen LogP) is -0.283. The molecule has 0 aliphatic heterocycles. The summed E-state index contributed by atoms with van der Waals surface area (Å²) in [4.78, 5) is 0. The van der Waals surface area contributed by atoms with E-state index in [2.05, 4.69) is 0 Å². The van der Waals surface area contributed by atoms with Crippen molar-refractivity contribution in [2.24, 2.45) is 11.5 Å². The molecule has 4 nitrogen and oxygen atoms in total. The van der Waals surface area contributed by atoms with E-state index in [1.54, 1.807) is 0 Å². The van der Waals surface area contributed by atoms with Gasteiger partial charge in [-0.25, -0.2) is 0 Å². The van der Waals surface area contributed by atoms with E-state index in [0.717, 1.165) is 26.1 Å². The van der Waals surface area contributed by atoms with Gasteiger partial charge >= 0.3 is 0 Å². The molecule has 4 N–H and O–H groups in total. The molecule has 0 aliphatic rings. The van der Waals surface area contributed by atoms with Crippen molar-refractivity contribution < 1.29 is 9.47 Å². The summed E-state index contributed by atoms with van der Waals surface area (Å²) in [6.07, 6.45) is 2.06. The summed E-state index contributed by atoms with van der Waals surface area (Å²) in [6.45, 7) is 4.08. The van der Waals surface area contributed by atoms with Gasteiger partial charge in [0.1, 0.15) is 0 Å². The number of ether oxygens (including phenoxy) is 2. The third kappa shape index (κ3) is 9.84. The quantitative estimate of drug-likeness (QED) is 0.474. The van der Waals surface area contributed by atoms with Crippen LogP contribution < -0.4 is 11.5 Å². The molecule has 0 bridgehead atoms. The lowest BCUT2D eigenvalue weighted by Gasteiger charge is -2.03. The van der Waals surface area contributed by atoms with E-state index in [0.29, 0.717) is 26.3 Å². The molecule has 0 aliphatic carbocycles. The number of hydrogen-bond acceptors (Lipinski definition) is 4. The molecule has 0 unspecified atom stereocenters. The maximum Gasteiger partial charge on any atom is 0.0588 e. The molecule has 0 saturated carbocycles. The van der Waals surface area contributed by atoms with Gasteiger partial charge in [0.2, 0.25) is 0 Å². The molecule has 0 rings (SSSR count). The number of unbranched alkanes of at least 4 members (excludes halogenated alkanes) is 1. The molecule has 0 spiro atoms. The van der Waals surface area contributed by atoms with Gasteiger partial charge in [0.15, 0.2) is 0 Å². The van der Waals surface area contributed by atoms with Crippen molar-refractivity contribution in [3.05, 3.63) is 0 Å². The van der Waals surface area contributed by atoms with Crippen LogP contribution in [0.25, 0.3) is 0 Å². The van der Waals surface area contributed by atoms with Crippen molar-refractivity contribution >= 4 is 0 Å². The molecule has 12 heavy (non-hydrogen) atoms. The summed E-state index contributed by atoms with van der Waals surface area (Å²) < 4.78 is 10.4. The lowest BCUT2D eigenvalue weighted by Crippen LogP contribution is -2.11. The Morgan fingerprint density at radius 3 is 1.42 bits per heavy atom. The molecule has 4 heteroatoms. The number of rotatable bonds is 9. The van der Waals surface area contributed by atoms with Crippen molar-refractivity contribution in [3.63, 3.8) is 0 Å². The van der Waals surface area contributed by atoms with Crippen LogP contribution in [0.15, 0.2) is 0 Å². The fraction of sp³-hybridized carbons (Fsp3) is 1.00. The van der Waals surface area contributed by atoms with Crippen LogP contribution in [-0.4, -0.2) is 39.5 Å². The first kappa shape index (κ1) is 11.8. The summed E-state index contributed by atoms with van der Waals surface area (Å²) in [5, 5.41) is 0. The van der Waals surface area contributed by atoms with Gasteiger partial charge in [0.05, 0.1) is 13.2 Å². The highest BCUT2D eigenvalue weighted by atomic mass is 16.5. The van der Waals surface area contributed by atoms with E-state index in [1.165, 1.54) is 0 Å². The molecule has 74 valence electrons. The Morgan fingerprint density at radius 1 is 0.667 bits per heavy atom. The molecule has 0 fully saturated rings. The SMILES string of the molecule is NCCOCCCCOCCN. The van der Waals surface area contributed by atoms with Crippen molar-refractivity contribution in [1.82, 2.24) is 0 Å². The van der Waals surface area contributed by atoms with Crippen LogP contribution in [0.2, 0.25) is 0 Å². The first-order valence-electron chi connectivity index (χ1n) is 4.47. The fourth-order valence-corrected chi connectivity index (χ4v) is 0.779. The zero-order chi connectivity index (χ0) is 9.07. The van der Waals surface area contributed by atoms with Crippen LogP contribution >= 0.6 is 0 Å². The third-order valence-corrected chi connectivity index (χ3v) is 1.35. The standard InChI is InChI=1S/C8H20N2O2/c9-3-7-11-5-1-2-6-12-8-4-10/h1-10H2. The van der Waals surface area contributed by atoms with Crippen molar-refractivity contribution in [2.45, 2.75) is 12.8 Å². The van der Waals surface area contributed by atoms with Crippen molar-refractivity contribution in [3.8, 4) is 0 Å². The smallest absolute Gasteiger partial charge is 0.0588 e. The maximum absolute atomic E-state index is 5.25. The predicted molar refractivity (Wildman–Crippen MR) is 49.0 cm³/mol. The van der Waals surface area contributed by atoms with E-state index in [1.807, 2.05) is 0 Å². The average molecular weight is 176 g/mol. The van der Waals surface area contributed by atoms with Gasteiger partial charge < -0.3 is 20.9 Å². The molecule has 0 aromatic heterocycles. The van der Waals surface area contributed by atoms with E-state index >= 15 is 0 Å². The van der Waals surface area contributed by atoms with Gasteiger partial charge in [-0.3, -0.25) is 0 Å². The molecule has 0 amide bonds. The number of hydrogen-bond donors (Lipinski definition) is 2. The second-order valence-corrected chi connectivity index (χ2v) is 2.51. The van der Waals surface area contributed by atoms with E-state index in [4.69, 9.17) is 20.9 Å². The summed E-state index contributed by atoms with van der Waals surface area (Å²) in [5.41, 5.74) is 10.5. The zero-order valence-corrected chi connectivity index (χ0v) is 7.63. The summed E-state index contributed by atoms with van der Waals surface area (Å²) in [6, 6.07) is 0. The molecule has 0 radical (unpaired) electrons. The van der Waals surface area contributed by atoms with Crippen molar-refractivity contribution in [1.29, 1.82) is 0 Å². The molecule has 0 atom stereocenters. The van der Waals surface area contributed by atoms with Crippen LogP contribution in [0.1, 0.15) is 12.8 Å². The highest BCUT2D eigenvalue weighted by Gasteiger charge is 1.89. The Morgan fingerprint density at radius 2 is 1.08 bits per heavy atom. The van der Waals surface area contributed by atoms with Crippen molar-refractivity contribution in [2.75, 3.05) is 39.5 Å². The molecule has 0 heterocycles. The van der Waals surface area contributed by atoms with Gasteiger partial charge in [-0.05, 0) is 12.8 Å². The molecule has 0 saturated heterocycles. The molecular formula is C8H20N2O2. The molecule has 0 aromatic rings. The minimum absolute atomic E-state index is 0.601. The Balaban J connectivity index is 2.73. The topological polar surface area (TPSA) is 70.5 Å². The lowest BCUT2D eigenvalue weighted by molar-refractivity contribution is 0.109. The van der Waals surface area contributed by atoms with Gasteiger partial charge in [-0.1, -0.05) is 0 Å². The Labute approximate surface area is 74.2 Å². The van der Waals surface area contributed by atoms with Crippen LogP contribution in [-0.2, 0) is 9.47 Å². The monoisotopic (exact) mass is 176 g/mol. The van der Waals surface area contributed by atoms with E-state index in [9.17, 15) is 0 Å². The largest absolute Gasteiger partial charge is 0.380 e. The highest BCUT2D eigenvalue weighted by molar-refractivity contribution is 4.39. The van der Waals surface area contributed by atoms with Gasteiger partial charge in [-0.2, -0.15) is 0 Å². The number of nitrogens with two attached hydrogens (primary N) is 2. The Kier molecular flexibility index (Phi) is 10.7. The zero-order valence-electron chi connectivity index (χ0n) is 7.63. The summed E-state index contributed by atoms with van der Waals surface area (Å²) in [7, 11) is 0. The summed E-state index contributed by atoms with van der Waals surface area (Å²) >= 11 is 0. The Bertz CT molecular complexity index is 71.5.